The summed E-state index contributed by atoms with van der Waals surface area (Å²) < 4.78 is 0. The van der Waals surface area contributed by atoms with Crippen molar-refractivity contribution in [1.29, 1.82) is 0 Å². The van der Waals surface area contributed by atoms with Crippen LogP contribution in [0, 0.1) is 0 Å². The first-order valence-electron chi connectivity index (χ1n) is 9.93. The van der Waals surface area contributed by atoms with E-state index >= 15 is 0 Å². The Labute approximate surface area is 171 Å². The van der Waals surface area contributed by atoms with Gasteiger partial charge >= 0.3 is 0 Å². The van der Waals surface area contributed by atoms with E-state index in [1.54, 1.807) is 29.4 Å². The van der Waals surface area contributed by atoms with Crippen molar-refractivity contribution in [2.45, 2.75) is 38.3 Å². The number of hydrogen-bond acceptors (Lipinski definition) is 4. The monoisotopic (exact) mass is 393 g/mol. The van der Waals surface area contributed by atoms with Crippen LogP contribution in [0.1, 0.15) is 47.7 Å². The van der Waals surface area contributed by atoms with E-state index in [2.05, 4.69) is 10.3 Å². The predicted molar refractivity (Wildman–Crippen MR) is 112 cm³/mol. The van der Waals surface area contributed by atoms with Gasteiger partial charge in [0.15, 0.2) is 0 Å². The highest BCUT2D eigenvalue weighted by atomic mass is 16.3. The molecule has 2 aromatic rings. The number of hydrogen-bond donors (Lipinski definition) is 2. The molecule has 0 spiro atoms. The fourth-order valence-electron chi connectivity index (χ4n) is 3.99. The Kier molecular flexibility index (Phi) is 6.77. The summed E-state index contributed by atoms with van der Waals surface area (Å²) in [5, 5.41) is 12.9. The molecule has 0 bridgehead atoms. The van der Waals surface area contributed by atoms with E-state index in [1.165, 1.54) is 0 Å². The number of pyridine rings is 1. The second-order valence-electron chi connectivity index (χ2n) is 7.11. The van der Waals surface area contributed by atoms with E-state index < -0.39 is 0 Å². The number of aliphatic hydroxyl groups is 1. The number of rotatable bonds is 7. The molecule has 0 saturated carbocycles. The SMILES string of the molecule is C/C=C/c1ccc([C@H]2[C@@H](CO)N(C(=O)CC)[C@H]2CNC(=O)c2ccncc2)cc1. The van der Waals surface area contributed by atoms with Crippen LogP contribution in [-0.4, -0.2) is 52.0 Å². The number of carbonyl (C=O) groups is 2. The standard InChI is InChI=1S/C23H27N3O3/c1-3-5-16-6-8-17(9-7-16)22-19(26(20(22)15-27)21(28)4-2)14-25-23(29)18-10-12-24-13-11-18/h3,5-13,19-20,22,27H,4,14-15H2,1-2H3,(H,25,29)/b5-3+/t19-,20+,22+/m0/s1. The third-order valence-electron chi connectivity index (χ3n) is 5.42. The van der Waals surface area contributed by atoms with Gasteiger partial charge in [-0.3, -0.25) is 14.6 Å². The number of aromatic nitrogens is 1. The molecular weight excluding hydrogens is 366 g/mol. The Hall–Kier alpha value is -2.99. The number of benzene rings is 1. The minimum atomic E-state index is -0.280. The van der Waals surface area contributed by atoms with Gasteiger partial charge < -0.3 is 15.3 Å². The second kappa shape index (κ2) is 9.47. The van der Waals surface area contributed by atoms with Crippen molar-refractivity contribution in [3.8, 4) is 0 Å². The lowest BCUT2D eigenvalue weighted by molar-refractivity contribution is -0.149. The molecule has 3 rings (SSSR count). The van der Waals surface area contributed by atoms with Crippen LogP contribution < -0.4 is 5.32 Å². The summed E-state index contributed by atoms with van der Waals surface area (Å²) in [6.45, 7) is 3.99. The quantitative estimate of drug-likeness (QED) is 0.758. The van der Waals surface area contributed by atoms with Crippen LogP contribution in [0.4, 0.5) is 0 Å². The minimum absolute atomic E-state index is 0.0194. The number of carbonyl (C=O) groups excluding carboxylic acids is 2. The minimum Gasteiger partial charge on any atom is -0.394 e. The van der Waals surface area contributed by atoms with Crippen LogP contribution in [0.2, 0.25) is 0 Å². The maximum absolute atomic E-state index is 12.5. The van der Waals surface area contributed by atoms with Crippen molar-refractivity contribution >= 4 is 17.9 Å². The van der Waals surface area contributed by atoms with E-state index in [0.29, 0.717) is 18.5 Å². The Morgan fingerprint density at radius 1 is 1.14 bits per heavy atom. The van der Waals surface area contributed by atoms with E-state index in [1.807, 2.05) is 50.3 Å². The highest BCUT2D eigenvalue weighted by Gasteiger charge is 2.50. The first-order chi connectivity index (χ1) is 14.1. The summed E-state index contributed by atoms with van der Waals surface area (Å²) in [4.78, 5) is 30.6. The lowest BCUT2D eigenvalue weighted by atomic mass is 9.74. The lowest BCUT2D eigenvalue weighted by Crippen LogP contribution is -2.68. The zero-order chi connectivity index (χ0) is 20.8. The van der Waals surface area contributed by atoms with Gasteiger partial charge in [-0.2, -0.15) is 0 Å². The highest BCUT2D eigenvalue weighted by molar-refractivity contribution is 5.94. The largest absolute Gasteiger partial charge is 0.394 e. The predicted octanol–water partition coefficient (Wildman–Crippen LogP) is 2.61. The molecule has 6 heteroatoms. The molecule has 1 aromatic heterocycles. The second-order valence-corrected chi connectivity index (χ2v) is 7.11. The van der Waals surface area contributed by atoms with E-state index in [4.69, 9.17) is 0 Å². The van der Waals surface area contributed by atoms with Gasteiger partial charge in [-0.25, -0.2) is 0 Å². The highest BCUT2D eigenvalue weighted by Crippen LogP contribution is 2.41. The third-order valence-corrected chi connectivity index (χ3v) is 5.42. The van der Waals surface area contributed by atoms with Crippen molar-refractivity contribution in [2.75, 3.05) is 13.2 Å². The van der Waals surface area contributed by atoms with Crippen molar-refractivity contribution in [1.82, 2.24) is 15.2 Å². The molecule has 1 fully saturated rings. The van der Waals surface area contributed by atoms with Crippen molar-refractivity contribution in [2.24, 2.45) is 0 Å². The zero-order valence-corrected chi connectivity index (χ0v) is 16.8. The molecule has 2 heterocycles. The lowest BCUT2D eigenvalue weighted by Gasteiger charge is -2.55. The Bertz CT molecular complexity index is 865. The summed E-state index contributed by atoms with van der Waals surface area (Å²) in [7, 11) is 0. The average Bonchev–Trinajstić information content (AvgIpc) is 2.75. The number of allylic oxidation sites excluding steroid dienone is 1. The fraction of sp³-hybridized carbons (Fsp3) is 0.348. The fourth-order valence-corrected chi connectivity index (χ4v) is 3.99. The van der Waals surface area contributed by atoms with Crippen LogP contribution in [0.25, 0.3) is 6.08 Å². The van der Waals surface area contributed by atoms with Gasteiger partial charge in [-0.15, -0.1) is 0 Å². The smallest absolute Gasteiger partial charge is 0.251 e. The molecule has 1 saturated heterocycles. The molecule has 1 aliphatic heterocycles. The van der Waals surface area contributed by atoms with Crippen LogP contribution in [0.15, 0.2) is 54.9 Å². The molecule has 1 aromatic carbocycles. The molecule has 6 nitrogen and oxygen atoms in total. The van der Waals surface area contributed by atoms with Crippen molar-refractivity contribution in [3.63, 3.8) is 0 Å². The van der Waals surface area contributed by atoms with Gasteiger partial charge in [-0.05, 0) is 30.2 Å². The zero-order valence-electron chi connectivity index (χ0n) is 16.8. The molecule has 2 N–H and O–H groups in total. The molecule has 0 radical (unpaired) electrons. The summed E-state index contributed by atoms with van der Waals surface area (Å²) in [6.07, 6.45) is 7.50. The summed E-state index contributed by atoms with van der Waals surface area (Å²) in [5.74, 6) is -0.257. The molecule has 152 valence electrons. The van der Waals surface area contributed by atoms with Crippen LogP contribution in [-0.2, 0) is 4.79 Å². The Morgan fingerprint density at radius 3 is 2.41 bits per heavy atom. The molecule has 2 amide bonds. The summed E-state index contributed by atoms with van der Waals surface area (Å²) in [6, 6.07) is 11.0. The maximum Gasteiger partial charge on any atom is 0.251 e. The normalized spacial score (nSPS) is 21.1. The van der Waals surface area contributed by atoms with E-state index in [0.717, 1.165) is 11.1 Å². The molecule has 0 aliphatic carbocycles. The van der Waals surface area contributed by atoms with Crippen LogP contribution in [0.5, 0.6) is 0 Å². The van der Waals surface area contributed by atoms with Gasteiger partial charge in [0.25, 0.3) is 5.91 Å². The number of nitrogens with one attached hydrogen (secondary N) is 1. The maximum atomic E-state index is 12.5. The van der Waals surface area contributed by atoms with Gasteiger partial charge in [0.05, 0.1) is 18.7 Å². The molecule has 29 heavy (non-hydrogen) atoms. The van der Waals surface area contributed by atoms with Crippen LogP contribution >= 0.6 is 0 Å². The number of likely N-dealkylation sites (tertiary alicyclic amines) is 1. The number of nitrogens with zero attached hydrogens (tertiary/aromatic N) is 2. The molecule has 0 unspecified atom stereocenters. The topological polar surface area (TPSA) is 82.5 Å². The molecule has 1 aliphatic rings. The number of amides is 2. The van der Waals surface area contributed by atoms with Crippen LogP contribution in [0.3, 0.4) is 0 Å². The summed E-state index contributed by atoms with van der Waals surface area (Å²) >= 11 is 0. The first kappa shape index (κ1) is 20.7. The van der Waals surface area contributed by atoms with Gasteiger partial charge in [0, 0.05) is 36.8 Å². The molecule has 3 atom stereocenters. The third kappa shape index (κ3) is 4.38. The van der Waals surface area contributed by atoms with E-state index in [9.17, 15) is 14.7 Å². The first-order valence-corrected chi connectivity index (χ1v) is 9.93. The number of aliphatic hydroxyl groups excluding tert-OH is 1. The van der Waals surface area contributed by atoms with Crippen molar-refractivity contribution in [3.05, 3.63) is 71.6 Å². The van der Waals surface area contributed by atoms with Gasteiger partial charge in [0.1, 0.15) is 0 Å². The summed E-state index contributed by atoms with van der Waals surface area (Å²) in [5.41, 5.74) is 2.68. The Morgan fingerprint density at radius 2 is 1.83 bits per heavy atom. The van der Waals surface area contributed by atoms with Gasteiger partial charge in [-0.1, -0.05) is 43.3 Å². The average molecular weight is 393 g/mol. The van der Waals surface area contributed by atoms with Crippen molar-refractivity contribution < 1.29 is 14.7 Å². The van der Waals surface area contributed by atoms with Gasteiger partial charge in [0.2, 0.25) is 5.91 Å². The van der Waals surface area contributed by atoms with E-state index in [-0.39, 0.29) is 36.4 Å². The Balaban J connectivity index is 1.80. The molecular formula is C23H27N3O3.